The van der Waals surface area contributed by atoms with E-state index in [1.165, 1.54) is 0 Å². The molecule has 2 rings (SSSR count). The molecule has 1 atom stereocenters. The average Bonchev–Trinajstić information content (AvgIpc) is 2.36. The van der Waals surface area contributed by atoms with Crippen molar-refractivity contribution in [2.75, 3.05) is 29.4 Å². The summed E-state index contributed by atoms with van der Waals surface area (Å²) in [5.74, 6) is -0.00629. The molecule has 1 heterocycles. The number of carbonyl (C=O) groups is 1. The molecule has 0 saturated heterocycles. The molecule has 0 aliphatic carbocycles. The molecule has 0 spiro atoms. The fourth-order valence-corrected chi connectivity index (χ4v) is 2.22. The van der Waals surface area contributed by atoms with E-state index in [-0.39, 0.29) is 5.91 Å². The lowest BCUT2D eigenvalue weighted by atomic mass is 10.1. The third kappa shape index (κ3) is 2.13. The molecule has 2 N–H and O–H groups in total. The maximum absolute atomic E-state index is 12.0. The molecule has 0 fully saturated rings. The highest BCUT2D eigenvalue weighted by Gasteiger charge is 2.27. The van der Waals surface area contributed by atoms with E-state index in [1.807, 2.05) is 18.2 Å². The van der Waals surface area contributed by atoms with Gasteiger partial charge >= 0.3 is 0 Å². The van der Waals surface area contributed by atoms with Gasteiger partial charge in [-0.2, -0.15) is 0 Å². The maximum Gasteiger partial charge on any atom is 0.243 e. The molecule has 4 nitrogen and oxygen atoms in total. The first-order chi connectivity index (χ1) is 8.15. The van der Waals surface area contributed by atoms with E-state index in [9.17, 15) is 4.79 Å². The first-order valence-corrected chi connectivity index (χ1v) is 6.06. The number of rotatable bonds is 2. The van der Waals surface area contributed by atoms with Crippen LogP contribution in [0.15, 0.2) is 24.3 Å². The van der Waals surface area contributed by atoms with Crippen LogP contribution < -0.4 is 15.5 Å². The zero-order valence-corrected chi connectivity index (χ0v) is 10.4. The zero-order chi connectivity index (χ0) is 12.4. The molecule has 1 aliphatic heterocycles. The number of fused-ring (bicyclic) bond motifs is 1. The highest BCUT2D eigenvalue weighted by Crippen LogP contribution is 2.32. The van der Waals surface area contributed by atoms with E-state index in [4.69, 9.17) is 5.73 Å². The van der Waals surface area contributed by atoms with E-state index >= 15 is 0 Å². The van der Waals surface area contributed by atoms with Gasteiger partial charge in [-0.25, -0.2) is 0 Å². The number of hydrogen-bond donors (Lipinski definition) is 1. The van der Waals surface area contributed by atoms with Crippen LogP contribution in [0.25, 0.3) is 0 Å². The molecule has 0 aromatic heterocycles. The van der Waals surface area contributed by atoms with E-state index in [1.54, 1.807) is 11.8 Å². The van der Waals surface area contributed by atoms with Gasteiger partial charge in [0.25, 0.3) is 0 Å². The van der Waals surface area contributed by atoms with E-state index in [0.717, 1.165) is 24.5 Å². The Hall–Kier alpha value is -1.55. The van der Waals surface area contributed by atoms with Crippen molar-refractivity contribution in [2.24, 2.45) is 5.73 Å². The van der Waals surface area contributed by atoms with Crippen LogP contribution in [-0.4, -0.2) is 31.6 Å². The quantitative estimate of drug-likeness (QED) is 0.835. The van der Waals surface area contributed by atoms with Gasteiger partial charge in [0.15, 0.2) is 0 Å². The molecule has 1 amide bonds. The van der Waals surface area contributed by atoms with Crippen molar-refractivity contribution in [1.82, 2.24) is 0 Å². The summed E-state index contributed by atoms with van der Waals surface area (Å²) in [4.78, 5) is 16.1. The Morgan fingerprint density at radius 2 is 2.00 bits per heavy atom. The summed E-state index contributed by atoms with van der Waals surface area (Å²) in [6.45, 7) is 6.39. The number of para-hydroxylation sites is 2. The molecular formula is C13H19N3O. The monoisotopic (exact) mass is 233 g/mol. The number of hydrogen-bond acceptors (Lipinski definition) is 3. The van der Waals surface area contributed by atoms with E-state index in [0.29, 0.717) is 6.54 Å². The van der Waals surface area contributed by atoms with Gasteiger partial charge in [0.2, 0.25) is 5.91 Å². The van der Waals surface area contributed by atoms with Crippen molar-refractivity contribution in [3.63, 3.8) is 0 Å². The van der Waals surface area contributed by atoms with Crippen molar-refractivity contribution >= 4 is 17.3 Å². The number of nitrogens with zero attached hydrogens (tertiary/aromatic N) is 2. The lowest BCUT2D eigenvalue weighted by Crippen LogP contribution is -2.49. The van der Waals surface area contributed by atoms with Gasteiger partial charge in [-0.15, -0.1) is 0 Å². The topological polar surface area (TPSA) is 49.6 Å². The van der Waals surface area contributed by atoms with Crippen molar-refractivity contribution in [1.29, 1.82) is 0 Å². The van der Waals surface area contributed by atoms with Crippen LogP contribution in [0, 0.1) is 0 Å². The standard InChI is InChI=1S/C13H19N3O/c1-3-15-8-9-16(13(17)10(2)14)12-7-5-4-6-11(12)15/h4-7,10H,3,8-9,14H2,1-2H3. The molecule has 92 valence electrons. The highest BCUT2D eigenvalue weighted by molar-refractivity contribution is 6.00. The number of benzene rings is 1. The molecule has 1 unspecified atom stereocenters. The Labute approximate surface area is 102 Å². The largest absolute Gasteiger partial charge is 0.368 e. The van der Waals surface area contributed by atoms with E-state index < -0.39 is 6.04 Å². The number of carbonyl (C=O) groups excluding carboxylic acids is 1. The first kappa shape index (κ1) is 11.9. The normalized spacial score (nSPS) is 16.6. The summed E-state index contributed by atoms with van der Waals surface area (Å²) < 4.78 is 0. The predicted molar refractivity (Wildman–Crippen MR) is 70.3 cm³/mol. The Kier molecular flexibility index (Phi) is 3.33. The van der Waals surface area contributed by atoms with Gasteiger partial charge in [0.1, 0.15) is 0 Å². The average molecular weight is 233 g/mol. The minimum atomic E-state index is -0.448. The van der Waals surface area contributed by atoms with Gasteiger partial charge < -0.3 is 15.5 Å². The molecular weight excluding hydrogens is 214 g/mol. The van der Waals surface area contributed by atoms with Crippen LogP contribution in [-0.2, 0) is 4.79 Å². The van der Waals surface area contributed by atoms with E-state index in [2.05, 4.69) is 17.9 Å². The van der Waals surface area contributed by atoms with Crippen molar-refractivity contribution in [3.8, 4) is 0 Å². The highest BCUT2D eigenvalue weighted by atomic mass is 16.2. The summed E-state index contributed by atoms with van der Waals surface area (Å²) >= 11 is 0. The molecule has 1 aliphatic rings. The smallest absolute Gasteiger partial charge is 0.243 e. The first-order valence-electron chi connectivity index (χ1n) is 6.06. The van der Waals surface area contributed by atoms with Gasteiger partial charge in [-0.05, 0) is 26.0 Å². The predicted octanol–water partition coefficient (Wildman–Crippen LogP) is 1.21. The Balaban J connectivity index is 2.37. The van der Waals surface area contributed by atoms with Crippen LogP contribution in [0.5, 0.6) is 0 Å². The van der Waals surface area contributed by atoms with Gasteiger partial charge in [-0.1, -0.05) is 12.1 Å². The molecule has 1 aromatic carbocycles. The van der Waals surface area contributed by atoms with Crippen molar-refractivity contribution in [3.05, 3.63) is 24.3 Å². The summed E-state index contributed by atoms with van der Waals surface area (Å²) in [5.41, 5.74) is 7.78. The Morgan fingerprint density at radius 3 is 2.59 bits per heavy atom. The van der Waals surface area contributed by atoms with Crippen LogP contribution in [0.2, 0.25) is 0 Å². The molecule has 4 heteroatoms. The number of nitrogens with two attached hydrogens (primary N) is 1. The second-order valence-electron chi connectivity index (χ2n) is 4.35. The molecule has 17 heavy (non-hydrogen) atoms. The zero-order valence-electron chi connectivity index (χ0n) is 10.4. The third-order valence-electron chi connectivity index (χ3n) is 3.14. The molecule has 0 radical (unpaired) electrons. The van der Waals surface area contributed by atoms with Crippen LogP contribution in [0.3, 0.4) is 0 Å². The molecule has 1 aromatic rings. The summed E-state index contributed by atoms with van der Waals surface area (Å²) in [7, 11) is 0. The van der Waals surface area contributed by atoms with Crippen molar-refractivity contribution < 1.29 is 4.79 Å². The Morgan fingerprint density at radius 1 is 1.35 bits per heavy atom. The SMILES string of the molecule is CCN1CCN(C(=O)C(C)N)c2ccccc21. The molecule has 0 bridgehead atoms. The summed E-state index contributed by atoms with van der Waals surface area (Å²) in [6, 6.07) is 7.55. The van der Waals surface area contributed by atoms with Gasteiger partial charge in [0.05, 0.1) is 17.4 Å². The second-order valence-corrected chi connectivity index (χ2v) is 4.35. The third-order valence-corrected chi connectivity index (χ3v) is 3.14. The lowest BCUT2D eigenvalue weighted by molar-refractivity contribution is -0.119. The van der Waals surface area contributed by atoms with Crippen molar-refractivity contribution in [2.45, 2.75) is 19.9 Å². The lowest BCUT2D eigenvalue weighted by Gasteiger charge is -2.37. The minimum Gasteiger partial charge on any atom is -0.368 e. The molecule has 0 saturated carbocycles. The summed E-state index contributed by atoms with van der Waals surface area (Å²) in [5, 5.41) is 0. The second kappa shape index (κ2) is 4.75. The maximum atomic E-state index is 12.0. The van der Waals surface area contributed by atoms with Gasteiger partial charge in [0, 0.05) is 19.6 Å². The fraction of sp³-hybridized carbons (Fsp3) is 0.462. The number of anilines is 2. The number of likely N-dealkylation sites (N-methyl/N-ethyl adjacent to an activating group) is 1. The van der Waals surface area contributed by atoms with Crippen LogP contribution >= 0.6 is 0 Å². The fourth-order valence-electron chi connectivity index (χ4n) is 2.22. The van der Waals surface area contributed by atoms with Crippen LogP contribution in [0.4, 0.5) is 11.4 Å². The number of amides is 1. The van der Waals surface area contributed by atoms with Gasteiger partial charge in [-0.3, -0.25) is 4.79 Å². The summed E-state index contributed by atoms with van der Waals surface area (Å²) in [6.07, 6.45) is 0. The Bertz CT molecular complexity index is 417. The minimum absolute atomic E-state index is 0.00629. The van der Waals surface area contributed by atoms with Crippen LogP contribution in [0.1, 0.15) is 13.8 Å².